The van der Waals surface area contributed by atoms with Crippen LogP contribution >= 0.6 is 0 Å². The van der Waals surface area contributed by atoms with Gasteiger partial charge in [-0.05, 0) is 37.6 Å². The highest BCUT2D eigenvalue weighted by atomic mass is 32.2. The summed E-state index contributed by atoms with van der Waals surface area (Å²) in [6, 6.07) is 3.85. The largest absolute Gasteiger partial charge is 0.480 e. The Labute approximate surface area is 135 Å². The smallest absolute Gasteiger partial charge is 0.320 e. The molecule has 0 heterocycles. The van der Waals surface area contributed by atoms with Gasteiger partial charge < -0.3 is 10.4 Å². The van der Waals surface area contributed by atoms with Crippen molar-refractivity contribution in [1.29, 1.82) is 0 Å². The molecular formula is C14H21N3O5S. The van der Waals surface area contributed by atoms with Gasteiger partial charge in [0.2, 0.25) is 15.9 Å². The van der Waals surface area contributed by atoms with Gasteiger partial charge in [0.05, 0.1) is 10.9 Å². The molecule has 0 aliphatic heterocycles. The lowest BCUT2D eigenvalue weighted by Gasteiger charge is -2.19. The number of sulfonamides is 1. The molecule has 0 aliphatic carbocycles. The van der Waals surface area contributed by atoms with Crippen molar-refractivity contribution in [3.8, 4) is 0 Å². The monoisotopic (exact) mass is 343 g/mol. The van der Waals surface area contributed by atoms with Gasteiger partial charge in [-0.15, -0.1) is 0 Å². The Balaban J connectivity index is 2.69. The fourth-order valence-electron chi connectivity index (χ4n) is 1.92. The molecule has 0 bridgehead atoms. The van der Waals surface area contributed by atoms with Crippen molar-refractivity contribution >= 4 is 27.6 Å². The molecule has 0 radical (unpaired) electrons. The molecule has 8 nitrogen and oxygen atoms in total. The SMILES string of the molecule is CCCC(NC(C)C(=O)Nc1ccc(S(N)(=O)=O)cc1)C(=O)O. The fraction of sp³-hybridized carbons (Fsp3) is 0.429. The van der Waals surface area contributed by atoms with Gasteiger partial charge >= 0.3 is 5.97 Å². The molecule has 1 rings (SSSR count). The Bertz CT molecular complexity index is 657. The predicted octanol–water partition coefficient (Wildman–Crippen LogP) is 0.504. The summed E-state index contributed by atoms with van der Waals surface area (Å²) in [6.07, 6.45) is 1.09. The minimum absolute atomic E-state index is 0.0597. The standard InChI is InChI=1S/C14H21N3O5S/c1-3-4-12(14(19)20)16-9(2)13(18)17-10-5-7-11(8-6-10)23(15,21)22/h5-9,12,16H,3-4H2,1-2H3,(H,17,18)(H,19,20)(H2,15,21,22). The third-order valence-electron chi connectivity index (χ3n) is 3.17. The Hall–Kier alpha value is -1.97. The summed E-state index contributed by atoms with van der Waals surface area (Å²) in [4.78, 5) is 23.1. The molecule has 0 fully saturated rings. The van der Waals surface area contributed by atoms with E-state index in [9.17, 15) is 18.0 Å². The van der Waals surface area contributed by atoms with E-state index in [0.717, 1.165) is 0 Å². The third-order valence-corrected chi connectivity index (χ3v) is 4.10. The molecule has 0 aromatic heterocycles. The first-order valence-electron chi connectivity index (χ1n) is 7.07. The molecule has 1 aromatic rings. The van der Waals surface area contributed by atoms with E-state index in [1.807, 2.05) is 6.92 Å². The fourth-order valence-corrected chi connectivity index (χ4v) is 2.44. The van der Waals surface area contributed by atoms with Crippen LogP contribution in [0.2, 0.25) is 0 Å². The van der Waals surface area contributed by atoms with Crippen LogP contribution in [0.15, 0.2) is 29.2 Å². The maximum absolute atomic E-state index is 12.0. The van der Waals surface area contributed by atoms with Gasteiger partial charge in [0.1, 0.15) is 6.04 Å². The molecular weight excluding hydrogens is 322 g/mol. The van der Waals surface area contributed by atoms with Gasteiger partial charge in [0, 0.05) is 5.69 Å². The number of amides is 1. The second-order valence-electron chi connectivity index (χ2n) is 5.13. The average molecular weight is 343 g/mol. The van der Waals surface area contributed by atoms with E-state index in [2.05, 4.69) is 10.6 Å². The maximum Gasteiger partial charge on any atom is 0.320 e. The van der Waals surface area contributed by atoms with Crippen molar-refractivity contribution in [3.63, 3.8) is 0 Å². The molecule has 128 valence electrons. The summed E-state index contributed by atoms with van der Waals surface area (Å²) in [5, 5.41) is 19.4. The number of benzene rings is 1. The highest BCUT2D eigenvalue weighted by Gasteiger charge is 2.22. The number of anilines is 1. The molecule has 1 amide bonds. The van der Waals surface area contributed by atoms with Gasteiger partial charge in [0.25, 0.3) is 0 Å². The van der Waals surface area contributed by atoms with Crippen LogP contribution < -0.4 is 15.8 Å². The second kappa shape index (κ2) is 8.04. The molecule has 2 atom stereocenters. The van der Waals surface area contributed by atoms with Crippen LogP contribution in [0.4, 0.5) is 5.69 Å². The van der Waals surface area contributed by atoms with E-state index in [1.54, 1.807) is 6.92 Å². The molecule has 0 saturated heterocycles. The van der Waals surface area contributed by atoms with Crippen LogP contribution in [0.1, 0.15) is 26.7 Å². The molecule has 9 heteroatoms. The number of nitrogens with one attached hydrogen (secondary N) is 2. The number of primary sulfonamides is 1. The number of carboxylic acid groups (broad SMARTS) is 1. The molecule has 1 aromatic carbocycles. The number of aliphatic carboxylic acids is 1. The molecule has 0 saturated carbocycles. The summed E-state index contributed by atoms with van der Waals surface area (Å²) in [7, 11) is -3.79. The van der Waals surface area contributed by atoms with Gasteiger partial charge in [-0.2, -0.15) is 0 Å². The van der Waals surface area contributed by atoms with E-state index in [1.165, 1.54) is 24.3 Å². The Morgan fingerprint density at radius 3 is 2.26 bits per heavy atom. The van der Waals surface area contributed by atoms with Crippen LogP contribution in [-0.2, 0) is 19.6 Å². The Kier molecular flexibility index (Phi) is 6.67. The first kappa shape index (κ1) is 19.1. The van der Waals surface area contributed by atoms with E-state index in [4.69, 9.17) is 10.2 Å². The quantitative estimate of drug-likeness (QED) is 0.542. The molecule has 0 spiro atoms. The van der Waals surface area contributed by atoms with E-state index >= 15 is 0 Å². The van der Waals surface area contributed by atoms with Gasteiger partial charge in [-0.3, -0.25) is 14.9 Å². The Morgan fingerprint density at radius 2 is 1.83 bits per heavy atom. The Morgan fingerprint density at radius 1 is 1.26 bits per heavy atom. The summed E-state index contributed by atoms with van der Waals surface area (Å²) in [5.74, 6) is -1.43. The topological polar surface area (TPSA) is 139 Å². The molecule has 0 aliphatic rings. The second-order valence-corrected chi connectivity index (χ2v) is 6.69. The number of rotatable bonds is 8. The number of carbonyl (C=O) groups is 2. The minimum Gasteiger partial charge on any atom is -0.480 e. The number of carboxylic acids is 1. The lowest BCUT2D eigenvalue weighted by molar-refractivity contribution is -0.140. The van der Waals surface area contributed by atoms with Crippen LogP contribution in [0.3, 0.4) is 0 Å². The summed E-state index contributed by atoms with van der Waals surface area (Å²) in [5.41, 5.74) is 0.387. The number of hydrogen-bond donors (Lipinski definition) is 4. The van der Waals surface area contributed by atoms with Crippen LogP contribution in [-0.4, -0.2) is 37.5 Å². The number of carbonyl (C=O) groups excluding carboxylic acids is 1. The normalized spacial score (nSPS) is 14.0. The summed E-state index contributed by atoms with van der Waals surface area (Å²) < 4.78 is 22.3. The van der Waals surface area contributed by atoms with Crippen LogP contribution in [0.25, 0.3) is 0 Å². The van der Waals surface area contributed by atoms with Crippen LogP contribution in [0, 0.1) is 0 Å². The predicted molar refractivity (Wildman–Crippen MR) is 85.4 cm³/mol. The van der Waals surface area contributed by atoms with Crippen molar-refractivity contribution < 1.29 is 23.1 Å². The van der Waals surface area contributed by atoms with E-state index in [-0.39, 0.29) is 4.90 Å². The zero-order valence-corrected chi connectivity index (χ0v) is 13.8. The van der Waals surface area contributed by atoms with Crippen molar-refractivity contribution in [1.82, 2.24) is 5.32 Å². The molecule has 5 N–H and O–H groups in total. The van der Waals surface area contributed by atoms with Crippen molar-refractivity contribution in [2.75, 3.05) is 5.32 Å². The lowest BCUT2D eigenvalue weighted by Crippen LogP contribution is -2.47. The lowest BCUT2D eigenvalue weighted by atomic mass is 10.1. The molecule has 23 heavy (non-hydrogen) atoms. The van der Waals surface area contributed by atoms with Crippen LogP contribution in [0.5, 0.6) is 0 Å². The summed E-state index contributed by atoms with van der Waals surface area (Å²) in [6.45, 7) is 3.41. The van der Waals surface area contributed by atoms with E-state index in [0.29, 0.717) is 18.5 Å². The minimum atomic E-state index is -3.79. The van der Waals surface area contributed by atoms with Crippen molar-refractivity contribution in [2.45, 2.75) is 43.7 Å². The van der Waals surface area contributed by atoms with Gasteiger partial charge in [-0.1, -0.05) is 13.3 Å². The zero-order chi connectivity index (χ0) is 17.6. The highest BCUT2D eigenvalue weighted by molar-refractivity contribution is 7.89. The van der Waals surface area contributed by atoms with Crippen molar-refractivity contribution in [3.05, 3.63) is 24.3 Å². The zero-order valence-electron chi connectivity index (χ0n) is 12.9. The first-order valence-corrected chi connectivity index (χ1v) is 8.62. The summed E-state index contributed by atoms with van der Waals surface area (Å²) >= 11 is 0. The number of nitrogens with two attached hydrogens (primary N) is 1. The highest BCUT2D eigenvalue weighted by Crippen LogP contribution is 2.13. The third kappa shape index (κ3) is 5.97. The van der Waals surface area contributed by atoms with Crippen molar-refractivity contribution in [2.24, 2.45) is 5.14 Å². The van der Waals surface area contributed by atoms with Gasteiger partial charge in [-0.25, -0.2) is 13.6 Å². The average Bonchev–Trinajstić information content (AvgIpc) is 2.46. The van der Waals surface area contributed by atoms with Gasteiger partial charge in [0.15, 0.2) is 0 Å². The first-order chi connectivity index (χ1) is 10.6. The maximum atomic E-state index is 12.0. The number of hydrogen-bond acceptors (Lipinski definition) is 5. The van der Waals surface area contributed by atoms with E-state index < -0.39 is 34.0 Å². The molecule has 2 unspecified atom stereocenters.